The van der Waals surface area contributed by atoms with Crippen molar-refractivity contribution in [2.45, 2.75) is 6.54 Å². The Morgan fingerprint density at radius 3 is 2.71 bits per heavy atom. The second-order valence-corrected chi connectivity index (χ2v) is 5.95. The van der Waals surface area contributed by atoms with Crippen LogP contribution in [0.1, 0.15) is 5.69 Å². The maximum Gasteiger partial charge on any atom is 0.155 e. The number of rotatable bonds is 4. The van der Waals surface area contributed by atoms with Crippen LogP contribution in [0.15, 0.2) is 52.2 Å². The van der Waals surface area contributed by atoms with Crippen LogP contribution in [0.25, 0.3) is 5.82 Å². The third-order valence-corrected chi connectivity index (χ3v) is 3.87. The minimum Gasteiger partial charge on any atom is -0.378 e. The SMILES string of the molecule is Brc1cnc(CNc2ccc(-n3cncn3)nc2)c(Br)c1. The maximum absolute atomic E-state index is 4.35. The zero-order valence-electron chi connectivity index (χ0n) is 10.7. The molecule has 0 aliphatic rings. The summed E-state index contributed by atoms with van der Waals surface area (Å²) in [5, 5.41) is 7.31. The summed E-state index contributed by atoms with van der Waals surface area (Å²) < 4.78 is 3.50. The van der Waals surface area contributed by atoms with Gasteiger partial charge in [-0.1, -0.05) is 0 Å². The van der Waals surface area contributed by atoms with E-state index in [1.165, 1.54) is 6.33 Å². The highest BCUT2D eigenvalue weighted by Gasteiger charge is 2.03. The van der Waals surface area contributed by atoms with Gasteiger partial charge < -0.3 is 5.32 Å². The largest absolute Gasteiger partial charge is 0.378 e. The lowest BCUT2D eigenvalue weighted by atomic mass is 10.3. The summed E-state index contributed by atoms with van der Waals surface area (Å²) in [6, 6.07) is 5.79. The molecule has 0 atom stereocenters. The number of nitrogens with zero attached hydrogens (tertiary/aromatic N) is 5. The molecule has 0 aliphatic heterocycles. The van der Waals surface area contributed by atoms with Gasteiger partial charge in [0.1, 0.15) is 12.7 Å². The van der Waals surface area contributed by atoms with Crippen molar-refractivity contribution in [3.63, 3.8) is 0 Å². The molecule has 6 nitrogen and oxygen atoms in total. The van der Waals surface area contributed by atoms with Gasteiger partial charge in [-0.05, 0) is 50.1 Å². The fraction of sp³-hybridized carbons (Fsp3) is 0.0769. The number of aromatic nitrogens is 5. The van der Waals surface area contributed by atoms with E-state index in [4.69, 9.17) is 0 Å². The molecule has 3 rings (SSSR count). The number of hydrogen-bond donors (Lipinski definition) is 1. The Morgan fingerprint density at radius 2 is 2.05 bits per heavy atom. The van der Waals surface area contributed by atoms with E-state index in [1.54, 1.807) is 23.4 Å². The Hall–Kier alpha value is -1.80. The summed E-state index contributed by atoms with van der Waals surface area (Å²) in [6.07, 6.45) is 6.61. The molecule has 0 aromatic carbocycles. The molecule has 1 N–H and O–H groups in total. The quantitative estimate of drug-likeness (QED) is 0.716. The zero-order chi connectivity index (χ0) is 14.7. The van der Waals surface area contributed by atoms with Crippen molar-refractivity contribution in [2.24, 2.45) is 0 Å². The van der Waals surface area contributed by atoms with Crippen LogP contribution in [0.2, 0.25) is 0 Å². The van der Waals surface area contributed by atoms with Crippen molar-refractivity contribution in [3.05, 3.63) is 57.9 Å². The number of pyridine rings is 2. The molecule has 21 heavy (non-hydrogen) atoms. The van der Waals surface area contributed by atoms with Gasteiger partial charge in [-0.15, -0.1) is 0 Å². The number of anilines is 1. The van der Waals surface area contributed by atoms with Crippen LogP contribution in [0.3, 0.4) is 0 Å². The van der Waals surface area contributed by atoms with E-state index in [1.807, 2.05) is 18.2 Å². The van der Waals surface area contributed by atoms with Crippen LogP contribution in [0, 0.1) is 0 Å². The van der Waals surface area contributed by atoms with Gasteiger partial charge >= 0.3 is 0 Å². The molecule has 0 spiro atoms. The molecule has 8 heteroatoms. The first-order valence-corrected chi connectivity index (χ1v) is 7.66. The lowest BCUT2D eigenvalue weighted by molar-refractivity contribution is 0.845. The third-order valence-electron chi connectivity index (χ3n) is 2.75. The summed E-state index contributed by atoms with van der Waals surface area (Å²) in [5.41, 5.74) is 1.84. The highest BCUT2D eigenvalue weighted by molar-refractivity contribution is 9.11. The monoisotopic (exact) mass is 408 g/mol. The lowest BCUT2D eigenvalue weighted by Crippen LogP contribution is -2.04. The summed E-state index contributed by atoms with van der Waals surface area (Å²) in [6.45, 7) is 0.609. The van der Waals surface area contributed by atoms with E-state index in [0.29, 0.717) is 6.54 Å². The molecule has 0 saturated carbocycles. The Labute approximate surface area is 137 Å². The van der Waals surface area contributed by atoms with Gasteiger partial charge in [0.05, 0.1) is 24.1 Å². The molecule has 3 aromatic heterocycles. The molecule has 0 saturated heterocycles. The summed E-state index contributed by atoms with van der Waals surface area (Å²) in [5.74, 6) is 0.723. The predicted octanol–water partition coefficient (Wildman–Crippen LogP) is 3.19. The molecular weight excluding hydrogens is 400 g/mol. The molecule has 0 fully saturated rings. The third kappa shape index (κ3) is 3.45. The molecule has 0 unspecified atom stereocenters. The highest BCUT2D eigenvalue weighted by Crippen LogP contribution is 2.20. The average molecular weight is 410 g/mol. The molecule has 0 amide bonds. The van der Waals surface area contributed by atoms with Crippen molar-refractivity contribution < 1.29 is 0 Å². The summed E-state index contributed by atoms with van der Waals surface area (Å²) in [4.78, 5) is 12.6. The highest BCUT2D eigenvalue weighted by atomic mass is 79.9. The van der Waals surface area contributed by atoms with Gasteiger partial charge in [-0.3, -0.25) is 4.98 Å². The number of hydrogen-bond acceptors (Lipinski definition) is 5. The minimum atomic E-state index is 0.609. The Balaban J connectivity index is 1.68. The molecular formula is C13H10Br2N6. The number of nitrogens with one attached hydrogen (secondary N) is 1. The Kier molecular flexibility index (Phi) is 4.26. The van der Waals surface area contributed by atoms with Crippen molar-refractivity contribution in [1.29, 1.82) is 0 Å². The molecule has 3 aromatic rings. The molecule has 0 aliphatic carbocycles. The predicted molar refractivity (Wildman–Crippen MR) is 86.1 cm³/mol. The second kappa shape index (κ2) is 6.31. The van der Waals surface area contributed by atoms with Crippen LogP contribution in [0.5, 0.6) is 0 Å². The van der Waals surface area contributed by atoms with Crippen molar-refractivity contribution in [1.82, 2.24) is 24.7 Å². The Morgan fingerprint density at radius 1 is 1.14 bits per heavy atom. The summed E-state index contributed by atoms with van der Waals surface area (Å²) >= 11 is 6.87. The van der Waals surface area contributed by atoms with Gasteiger partial charge in [-0.25, -0.2) is 14.6 Å². The topological polar surface area (TPSA) is 68.5 Å². The standard InChI is InChI=1S/C13H10Br2N6/c14-9-3-11(15)12(18-4-9)6-17-10-1-2-13(19-5-10)21-8-16-7-20-21/h1-5,7-8,17H,6H2. The first-order chi connectivity index (χ1) is 10.2. The van der Waals surface area contributed by atoms with E-state index in [2.05, 4.69) is 57.2 Å². The summed E-state index contributed by atoms with van der Waals surface area (Å²) in [7, 11) is 0. The minimum absolute atomic E-state index is 0.609. The molecule has 106 valence electrons. The Bertz CT molecular complexity index is 727. The van der Waals surface area contributed by atoms with Crippen molar-refractivity contribution >= 4 is 37.5 Å². The first kappa shape index (κ1) is 14.2. The van der Waals surface area contributed by atoms with Crippen LogP contribution < -0.4 is 5.32 Å². The fourth-order valence-corrected chi connectivity index (χ4v) is 2.84. The van der Waals surface area contributed by atoms with E-state index < -0.39 is 0 Å². The van der Waals surface area contributed by atoms with Crippen molar-refractivity contribution in [2.75, 3.05) is 5.32 Å². The van der Waals surface area contributed by atoms with Gasteiger partial charge in [0.15, 0.2) is 5.82 Å². The maximum atomic E-state index is 4.35. The molecule has 0 radical (unpaired) electrons. The smallest absolute Gasteiger partial charge is 0.155 e. The number of halogens is 2. The first-order valence-electron chi connectivity index (χ1n) is 6.07. The van der Waals surface area contributed by atoms with Gasteiger partial charge in [0.2, 0.25) is 0 Å². The average Bonchev–Trinajstić information content (AvgIpc) is 3.01. The van der Waals surface area contributed by atoms with Crippen LogP contribution in [-0.4, -0.2) is 24.7 Å². The van der Waals surface area contributed by atoms with E-state index in [0.717, 1.165) is 26.1 Å². The van der Waals surface area contributed by atoms with E-state index in [-0.39, 0.29) is 0 Å². The van der Waals surface area contributed by atoms with Gasteiger partial charge in [-0.2, -0.15) is 5.10 Å². The normalized spacial score (nSPS) is 10.6. The lowest BCUT2D eigenvalue weighted by Gasteiger charge is -2.08. The van der Waals surface area contributed by atoms with Gasteiger partial charge in [0, 0.05) is 15.1 Å². The van der Waals surface area contributed by atoms with Crippen LogP contribution >= 0.6 is 31.9 Å². The fourth-order valence-electron chi connectivity index (χ4n) is 1.71. The van der Waals surface area contributed by atoms with E-state index >= 15 is 0 Å². The molecule has 0 bridgehead atoms. The van der Waals surface area contributed by atoms with Crippen LogP contribution in [-0.2, 0) is 6.54 Å². The zero-order valence-corrected chi connectivity index (χ0v) is 13.9. The van der Waals surface area contributed by atoms with E-state index in [9.17, 15) is 0 Å². The van der Waals surface area contributed by atoms with Crippen LogP contribution in [0.4, 0.5) is 5.69 Å². The van der Waals surface area contributed by atoms with Gasteiger partial charge in [0.25, 0.3) is 0 Å². The second-order valence-electron chi connectivity index (χ2n) is 4.18. The van der Waals surface area contributed by atoms with Crippen molar-refractivity contribution in [3.8, 4) is 5.82 Å². The molecule has 3 heterocycles.